The molecule has 0 aromatic heterocycles. The monoisotopic (exact) mass is 544 g/mol. The molecule has 0 N–H and O–H groups in total. The Bertz CT molecular complexity index is 1580. The van der Waals surface area contributed by atoms with Crippen molar-refractivity contribution >= 4 is 34.4 Å². The Kier molecular flexibility index (Phi) is 8.52. The van der Waals surface area contributed by atoms with Gasteiger partial charge in [-0.1, -0.05) is 26.0 Å². The number of ether oxygens (including phenoxy) is 1. The van der Waals surface area contributed by atoms with Crippen LogP contribution in [0.3, 0.4) is 0 Å². The number of hydrogen-bond acceptors (Lipinski definition) is 7. The summed E-state index contributed by atoms with van der Waals surface area (Å²) in [5, 5.41) is 2.51. The van der Waals surface area contributed by atoms with Crippen LogP contribution in [-0.4, -0.2) is 57.6 Å². The molecule has 0 radical (unpaired) electrons. The van der Waals surface area contributed by atoms with Gasteiger partial charge in [-0.05, 0) is 35.9 Å². The summed E-state index contributed by atoms with van der Waals surface area (Å²) < 4.78 is 13.9. The van der Waals surface area contributed by atoms with E-state index >= 15 is 0 Å². The summed E-state index contributed by atoms with van der Waals surface area (Å²) in [7, 11) is 7.95. The molecule has 2 heterocycles. The molecule has 2 aromatic rings. The van der Waals surface area contributed by atoms with Gasteiger partial charge in [0.15, 0.2) is 6.61 Å². The van der Waals surface area contributed by atoms with Gasteiger partial charge in [-0.25, -0.2) is 9.37 Å². The van der Waals surface area contributed by atoms with Crippen molar-refractivity contribution < 1.29 is 28.4 Å². The molecule has 1 aliphatic carbocycles. The van der Waals surface area contributed by atoms with Crippen molar-refractivity contribution in [2.45, 2.75) is 26.7 Å². The van der Waals surface area contributed by atoms with E-state index in [0.29, 0.717) is 10.8 Å². The Labute approximate surface area is 233 Å². The molecule has 5 rings (SSSR count). The lowest BCUT2D eigenvalue weighted by Gasteiger charge is -2.18. The fourth-order valence-corrected chi connectivity index (χ4v) is 4.38. The van der Waals surface area contributed by atoms with E-state index in [1.165, 1.54) is 0 Å². The number of carbonyl (C=O) groups excluding carboxylic acids is 3. The van der Waals surface area contributed by atoms with Gasteiger partial charge in [-0.2, -0.15) is 0 Å². The van der Waals surface area contributed by atoms with E-state index in [0.717, 1.165) is 44.5 Å². The van der Waals surface area contributed by atoms with Gasteiger partial charge in [-0.3, -0.25) is 9.59 Å². The smallest absolute Gasteiger partial charge is 0.370 e. The fourth-order valence-electron chi connectivity index (χ4n) is 4.38. The topological polar surface area (TPSA) is 92.3 Å². The average molecular weight is 545 g/mol. The van der Waals surface area contributed by atoms with Crippen molar-refractivity contribution in [1.82, 2.24) is 9.64 Å². The predicted octanol–water partition coefficient (Wildman–Crippen LogP) is 4.31. The molecule has 0 bridgehead atoms. The van der Waals surface area contributed by atoms with Crippen LogP contribution in [0.25, 0.3) is 33.4 Å². The number of hydrogen-bond donors (Lipinski definition) is 0. The summed E-state index contributed by atoms with van der Waals surface area (Å²) >= 11 is 0. The zero-order valence-corrected chi connectivity index (χ0v) is 23.7. The van der Waals surface area contributed by atoms with Gasteiger partial charge < -0.3 is 18.9 Å². The Morgan fingerprint density at radius 1 is 0.950 bits per heavy atom. The first-order chi connectivity index (χ1) is 19.2. The number of imide groups is 1. The number of benzene rings is 3. The second-order valence-corrected chi connectivity index (χ2v) is 9.49. The van der Waals surface area contributed by atoms with Crippen LogP contribution in [0.4, 0.5) is 5.69 Å². The zero-order valence-electron chi connectivity index (χ0n) is 23.7. The van der Waals surface area contributed by atoms with Crippen LogP contribution >= 0.6 is 0 Å². The van der Waals surface area contributed by atoms with E-state index in [9.17, 15) is 14.4 Å². The third-order valence-corrected chi connectivity index (χ3v) is 6.42. The number of fused-ring (bicyclic) bond motifs is 2. The second-order valence-electron chi connectivity index (χ2n) is 9.49. The summed E-state index contributed by atoms with van der Waals surface area (Å²) in [6.07, 6.45) is 0.0783. The van der Waals surface area contributed by atoms with Crippen molar-refractivity contribution in [2.75, 3.05) is 39.7 Å². The largest absolute Gasteiger partial charge is 0.482 e. The van der Waals surface area contributed by atoms with Crippen LogP contribution in [0.1, 0.15) is 26.7 Å². The molecule has 208 valence electrons. The molecule has 0 saturated carbocycles. The third kappa shape index (κ3) is 5.83. The first-order valence-electron chi connectivity index (χ1n) is 13.2. The van der Waals surface area contributed by atoms with Gasteiger partial charge in [0.05, 0.1) is 6.07 Å². The summed E-state index contributed by atoms with van der Waals surface area (Å²) in [6, 6.07) is 19.6. The SMILES string of the molecule is CC.CN(C)c1ccc2c(-c3ccc(OCC(=O)ON4C(=O)CCC4=O)cc3)c3ccc(=[N+](C)C)cc-3oc2c1. The quantitative estimate of drug-likeness (QED) is 0.203. The predicted molar refractivity (Wildman–Crippen MR) is 154 cm³/mol. The molecule has 9 nitrogen and oxygen atoms in total. The van der Waals surface area contributed by atoms with Gasteiger partial charge in [-0.15, -0.1) is 5.06 Å². The maximum Gasteiger partial charge on any atom is 0.370 e. The Morgan fingerprint density at radius 3 is 2.25 bits per heavy atom. The van der Waals surface area contributed by atoms with E-state index in [-0.39, 0.29) is 12.8 Å². The van der Waals surface area contributed by atoms with Gasteiger partial charge >= 0.3 is 5.97 Å². The molecule has 0 unspecified atom stereocenters. The molecule has 1 fully saturated rings. The molecular weight excluding hydrogens is 510 g/mol. The number of anilines is 1. The lowest BCUT2D eigenvalue weighted by Crippen LogP contribution is -2.33. The summed E-state index contributed by atoms with van der Waals surface area (Å²) in [5.74, 6) is -0.672. The van der Waals surface area contributed by atoms with E-state index in [1.54, 1.807) is 12.1 Å². The number of hydroxylamine groups is 2. The van der Waals surface area contributed by atoms with Crippen LogP contribution in [-0.2, 0) is 19.2 Å². The van der Waals surface area contributed by atoms with Crippen LogP contribution in [0, 0.1) is 0 Å². The highest BCUT2D eigenvalue weighted by Crippen LogP contribution is 2.41. The maximum absolute atomic E-state index is 12.1. The number of amides is 2. The van der Waals surface area contributed by atoms with Crippen LogP contribution in [0.5, 0.6) is 5.75 Å². The zero-order chi connectivity index (χ0) is 29.0. The minimum atomic E-state index is -0.826. The first kappa shape index (κ1) is 28.4. The molecule has 0 atom stereocenters. The van der Waals surface area contributed by atoms with Crippen molar-refractivity contribution in [2.24, 2.45) is 0 Å². The van der Waals surface area contributed by atoms with Gasteiger partial charge in [0.1, 0.15) is 31.2 Å². The minimum absolute atomic E-state index is 0.0392. The Hall–Kier alpha value is -4.66. The van der Waals surface area contributed by atoms with Crippen molar-refractivity contribution in [1.29, 1.82) is 0 Å². The highest BCUT2D eigenvalue weighted by atomic mass is 16.7. The second kappa shape index (κ2) is 12.0. The molecule has 0 spiro atoms. The highest BCUT2D eigenvalue weighted by molar-refractivity contribution is 6.03. The van der Waals surface area contributed by atoms with Crippen LogP contribution in [0.15, 0.2) is 65.1 Å². The molecule has 3 aliphatic rings. The number of carbonyl (C=O) groups is 3. The van der Waals surface area contributed by atoms with Gasteiger partial charge in [0.25, 0.3) is 11.8 Å². The minimum Gasteiger partial charge on any atom is -0.482 e. The Morgan fingerprint density at radius 2 is 1.62 bits per heavy atom. The number of rotatable bonds is 6. The molecular formula is C31H34N3O6+. The number of nitrogens with zero attached hydrogens (tertiary/aromatic N) is 3. The maximum atomic E-state index is 12.1. The first-order valence-corrected chi connectivity index (χ1v) is 13.2. The average Bonchev–Trinajstić information content (AvgIpc) is 3.27. The van der Waals surface area contributed by atoms with Crippen molar-refractivity contribution in [3.8, 4) is 28.2 Å². The fraction of sp³-hybridized carbons (Fsp3) is 0.290. The molecule has 2 amide bonds. The van der Waals surface area contributed by atoms with Crippen LogP contribution in [0.2, 0.25) is 0 Å². The van der Waals surface area contributed by atoms with E-state index in [2.05, 4.69) is 24.3 Å². The molecule has 40 heavy (non-hydrogen) atoms. The Balaban J connectivity index is 0.00000181. The summed E-state index contributed by atoms with van der Waals surface area (Å²) in [5.41, 5.74) is 4.74. The molecule has 2 aliphatic heterocycles. The van der Waals surface area contributed by atoms with E-state index in [4.69, 9.17) is 14.0 Å². The van der Waals surface area contributed by atoms with Crippen molar-refractivity contribution in [3.05, 3.63) is 66.0 Å². The van der Waals surface area contributed by atoms with Crippen molar-refractivity contribution in [3.63, 3.8) is 0 Å². The third-order valence-electron chi connectivity index (χ3n) is 6.42. The molecule has 2 aromatic carbocycles. The normalized spacial score (nSPS) is 12.8. The molecule has 1 saturated heterocycles. The standard InChI is InChI=1S/C29H28N3O6.C2H6/c1-30(2)19-7-11-22-24(15-19)37-25-16-20(31(3)4)8-12-23(25)29(22)18-5-9-21(10-6-18)36-17-28(35)38-32-26(33)13-14-27(32)34;1-2/h5-12,15-16H,13-14,17H2,1-4H3;1-2H3/q+1;. The highest BCUT2D eigenvalue weighted by Gasteiger charge is 2.33. The molecule has 9 heteroatoms. The lowest BCUT2D eigenvalue weighted by atomic mass is 9.93. The van der Waals surface area contributed by atoms with Crippen LogP contribution < -0.4 is 19.6 Å². The summed E-state index contributed by atoms with van der Waals surface area (Å²) in [6.45, 7) is 3.56. The lowest BCUT2D eigenvalue weighted by molar-refractivity contribution is -0.198. The van der Waals surface area contributed by atoms with Gasteiger partial charge in [0, 0.05) is 61.3 Å². The van der Waals surface area contributed by atoms with Gasteiger partial charge in [0.2, 0.25) is 5.36 Å². The van der Waals surface area contributed by atoms with E-state index in [1.807, 2.05) is 75.8 Å². The van der Waals surface area contributed by atoms with E-state index < -0.39 is 24.4 Å². The summed E-state index contributed by atoms with van der Waals surface area (Å²) in [4.78, 5) is 42.2.